The van der Waals surface area contributed by atoms with Gasteiger partial charge in [0.1, 0.15) is 0 Å². The number of carbonyl (C=O) groups is 1. The van der Waals surface area contributed by atoms with Crippen molar-refractivity contribution >= 4 is 12.0 Å². The molecule has 1 fully saturated rings. The number of hydrogen-bond acceptors (Lipinski definition) is 5. The molecule has 6 heteroatoms. The number of methoxy groups -OCH3 is 2. The summed E-state index contributed by atoms with van der Waals surface area (Å²) in [5.74, 6) is 1.36. The maximum Gasteiger partial charge on any atom is 0.246 e. The number of amides is 1. The zero-order valence-corrected chi connectivity index (χ0v) is 15.8. The number of carbonyl (C=O) groups excluding carboxylic acids is 1. The Bertz CT molecular complexity index is 785. The van der Waals surface area contributed by atoms with Gasteiger partial charge in [0.2, 0.25) is 5.91 Å². The minimum atomic E-state index is 0.0355. The lowest BCUT2D eigenvalue weighted by molar-refractivity contribution is -0.127. The van der Waals surface area contributed by atoms with Gasteiger partial charge in [-0.1, -0.05) is 6.07 Å². The highest BCUT2D eigenvalue weighted by Crippen LogP contribution is 2.28. The quantitative estimate of drug-likeness (QED) is 0.734. The molecule has 0 atom stereocenters. The number of rotatable bonds is 6. The van der Waals surface area contributed by atoms with E-state index in [2.05, 4.69) is 9.88 Å². The minimum absolute atomic E-state index is 0.0355. The highest BCUT2D eigenvalue weighted by molar-refractivity contribution is 5.92. The van der Waals surface area contributed by atoms with Crippen LogP contribution < -0.4 is 9.47 Å². The third-order valence-electron chi connectivity index (χ3n) is 4.67. The Hall–Kier alpha value is -2.86. The molecule has 27 heavy (non-hydrogen) atoms. The van der Waals surface area contributed by atoms with Crippen LogP contribution in [-0.4, -0.2) is 61.1 Å². The number of piperazine rings is 1. The molecule has 6 nitrogen and oxygen atoms in total. The van der Waals surface area contributed by atoms with Crippen LogP contribution in [0.25, 0.3) is 6.08 Å². The molecule has 2 heterocycles. The number of hydrogen-bond donors (Lipinski definition) is 0. The third kappa shape index (κ3) is 5.08. The van der Waals surface area contributed by atoms with E-state index in [9.17, 15) is 4.79 Å². The Kier molecular flexibility index (Phi) is 6.44. The van der Waals surface area contributed by atoms with Crippen LogP contribution in [0.5, 0.6) is 11.5 Å². The molecule has 0 radical (unpaired) electrons. The summed E-state index contributed by atoms with van der Waals surface area (Å²) in [6, 6.07) is 9.65. The topological polar surface area (TPSA) is 54.9 Å². The van der Waals surface area contributed by atoms with Crippen LogP contribution in [0.4, 0.5) is 0 Å². The van der Waals surface area contributed by atoms with Gasteiger partial charge in [-0.25, -0.2) is 0 Å². The standard InChI is InChI=1S/C21H25N3O3/c1-26-19-5-3-17(15-20(19)27-2)4-6-21(25)24-13-11-23(12-14-24)16-18-7-9-22-10-8-18/h3-10,15H,11-14,16H2,1-2H3/b6-4+. The molecule has 0 saturated carbocycles. The molecule has 0 unspecified atom stereocenters. The smallest absolute Gasteiger partial charge is 0.246 e. The van der Waals surface area contributed by atoms with Crippen LogP contribution in [0.3, 0.4) is 0 Å². The molecule has 1 amide bonds. The number of nitrogens with zero attached hydrogens (tertiary/aromatic N) is 3. The monoisotopic (exact) mass is 367 g/mol. The zero-order chi connectivity index (χ0) is 19.1. The highest BCUT2D eigenvalue weighted by atomic mass is 16.5. The van der Waals surface area contributed by atoms with Crippen molar-refractivity contribution in [1.82, 2.24) is 14.8 Å². The minimum Gasteiger partial charge on any atom is -0.493 e. The molecule has 1 aromatic heterocycles. The first-order valence-electron chi connectivity index (χ1n) is 9.00. The Labute approximate surface area is 160 Å². The maximum atomic E-state index is 12.5. The van der Waals surface area contributed by atoms with Gasteiger partial charge in [0.25, 0.3) is 0 Å². The molecule has 0 aliphatic carbocycles. The summed E-state index contributed by atoms with van der Waals surface area (Å²) in [6.07, 6.45) is 7.07. The van der Waals surface area contributed by atoms with Gasteiger partial charge in [-0.3, -0.25) is 14.7 Å². The van der Waals surface area contributed by atoms with Gasteiger partial charge in [0.15, 0.2) is 11.5 Å². The predicted molar refractivity (Wildman–Crippen MR) is 105 cm³/mol. The molecule has 0 spiro atoms. The van der Waals surface area contributed by atoms with E-state index in [4.69, 9.17) is 9.47 Å². The lowest BCUT2D eigenvalue weighted by atomic mass is 10.1. The Morgan fingerprint density at radius 3 is 2.41 bits per heavy atom. The van der Waals surface area contributed by atoms with E-state index in [1.165, 1.54) is 5.56 Å². The van der Waals surface area contributed by atoms with Crippen LogP contribution in [0.15, 0.2) is 48.8 Å². The van der Waals surface area contributed by atoms with Crippen LogP contribution in [0, 0.1) is 0 Å². The summed E-state index contributed by atoms with van der Waals surface area (Å²) >= 11 is 0. The van der Waals surface area contributed by atoms with Crippen molar-refractivity contribution in [1.29, 1.82) is 0 Å². The average Bonchev–Trinajstić information content (AvgIpc) is 2.73. The summed E-state index contributed by atoms with van der Waals surface area (Å²) in [7, 11) is 3.20. The van der Waals surface area contributed by atoms with Crippen LogP contribution >= 0.6 is 0 Å². The molecule has 1 aliphatic heterocycles. The summed E-state index contributed by atoms with van der Waals surface area (Å²) in [5.41, 5.74) is 2.15. The molecular weight excluding hydrogens is 342 g/mol. The van der Waals surface area contributed by atoms with E-state index in [0.717, 1.165) is 38.3 Å². The van der Waals surface area contributed by atoms with E-state index in [1.807, 2.05) is 53.7 Å². The third-order valence-corrected chi connectivity index (χ3v) is 4.67. The van der Waals surface area contributed by atoms with Crippen molar-refractivity contribution in [3.63, 3.8) is 0 Å². The van der Waals surface area contributed by atoms with E-state index < -0.39 is 0 Å². The molecule has 3 rings (SSSR count). The molecular formula is C21H25N3O3. The predicted octanol–water partition coefficient (Wildman–Crippen LogP) is 2.46. The second-order valence-electron chi connectivity index (χ2n) is 6.40. The number of aromatic nitrogens is 1. The molecule has 0 N–H and O–H groups in total. The van der Waals surface area contributed by atoms with Gasteiger partial charge < -0.3 is 14.4 Å². The highest BCUT2D eigenvalue weighted by Gasteiger charge is 2.19. The van der Waals surface area contributed by atoms with Gasteiger partial charge in [-0.2, -0.15) is 0 Å². The van der Waals surface area contributed by atoms with Gasteiger partial charge in [-0.05, 0) is 41.5 Å². The molecule has 1 aromatic carbocycles. The van der Waals surface area contributed by atoms with E-state index in [-0.39, 0.29) is 5.91 Å². The molecule has 1 saturated heterocycles. The van der Waals surface area contributed by atoms with Crippen LogP contribution in [-0.2, 0) is 11.3 Å². The van der Waals surface area contributed by atoms with Crippen molar-refractivity contribution in [2.45, 2.75) is 6.54 Å². The first kappa shape index (κ1) is 18.9. The number of ether oxygens (including phenoxy) is 2. The van der Waals surface area contributed by atoms with Crippen molar-refractivity contribution < 1.29 is 14.3 Å². The Balaban J connectivity index is 1.53. The second-order valence-corrected chi connectivity index (χ2v) is 6.40. The van der Waals surface area contributed by atoms with Gasteiger partial charge >= 0.3 is 0 Å². The van der Waals surface area contributed by atoms with Crippen molar-refractivity contribution in [2.24, 2.45) is 0 Å². The fourth-order valence-electron chi connectivity index (χ4n) is 3.10. The van der Waals surface area contributed by atoms with E-state index >= 15 is 0 Å². The molecule has 142 valence electrons. The van der Waals surface area contributed by atoms with Gasteiger partial charge in [0.05, 0.1) is 14.2 Å². The van der Waals surface area contributed by atoms with E-state index in [0.29, 0.717) is 11.5 Å². The SMILES string of the molecule is COc1ccc(/C=C/C(=O)N2CCN(Cc3ccncc3)CC2)cc1OC. The molecule has 2 aromatic rings. The normalized spacial score (nSPS) is 15.1. The fraction of sp³-hybridized carbons (Fsp3) is 0.333. The second kappa shape index (κ2) is 9.19. The fourth-order valence-corrected chi connectivity index (χ4v) is 3.10. The summed E-state index contributed by atoms with van der Waals surface area (Å²) in [4.78, 5) is 20.8. The summed E-state index contributed by atoms with van der Waals surface area (Å²) in [5, 5.41) is 0. The number of pyridine rings is 1. The Morgan fingerprint density at radius 1 is 1.04 bits per heavy atom. The lowest BCUT2D eigenvalue weighted by Crippen LogP contribution is -2.47. The van der Waals surface area contributed by atoms with Crippen molar-refractivity contribution in [3.8, 4) is 11.5 Å². The molecule has 1 aliphatic rings. The summed E-state index contributed by atoms with van der Waals surface area (Å²) < 4.78 is 10.5. The van der Waals surface area contributed by atoms with Crippen molar-refractivity contribution in [2.75, 3.05) is 40.4 Å². The summed E-state index contributed by atoms with van der Waals surface area (Å²) in [6.45, 7) is 4.11. The van der Waals surface area contributed by atoms with Gasteiger partial charge in [-0.15, -0.1) is 0 Å². The largest absolute Gasteiger partial charge is 0.493 e. The zero-order valence-electron chi connectivity index (χ0n) is 15.8. The maximum absolute atomic E-state index is 12.5. The lowest BCUT2D eigenvalue weighted by Gasteiger charge is -2.34. The van der Waals surface area contributed by atoms with E-state index in [1.54, 1.807) is 20.3 Å². The van der Waals surface area contributed by atoms with Gasteiger partial charge in [0, 0.05) is 51.2 Å². The van der Waals surface area contributed by atoms with Crippen molar-refractivity contribution in [3.05, 3.63) is 59.9 Å². The van der Waals surface area contributed by atoms with Crippen LogP contribution in [0.2, 0.25) is 0 Å². The average molecular weight is 367 g/mol. The Morgan fingerprint density at radius 2 is 1.74 bits per heavy atom. The first-order valence-corrected chi connectivity index (χ1v) is 9.00. The first-order chi connectivity index (χ1) is 13.2. The molecule has 0 bridgehead atoms. The van der Waals surface area contributed by atoms with Crippen LogP contribution in [0.1, 0.15) is 11.1 Å². The number of benzene rings is 1.